The molecule has 4 nitrogen and oxygen atoms in total. The lowest BCUT2D eigenvalue weighted by molar-refractivity contribution is 0.0155. The highest BCUT2D eigenvalue weighted by atomic mass is 16.6. The topological polar surface area (TPSA) is 31.5 Å². The predicted molar refractivity (Wildman–Crippen MR) is 44.7 cm³/mol. The summed E-state index contributed by atoms with van der Waals surface area (Å²) in [6.07, 6.45) is 0.940. The Labute approximate surface area is 73.0 Å². The zero-order chi connectivity index (χ0) is 8.55. The molecule has 0 saturated carbocycles. The third-order valence-corrected chi connectivity index (χ3v) is 2.32. The lowest BCUT2D eigenvalue weighted by Gasteiger charge is -2.26. The molecule has 2 aliphatic rings. The summed E-state index contributed by atoms with van der Waals surface area (Å²) in [5.74, 6) is 0. The number of hydrogen-bond acceptors (Lipinski definition) is 4. The van der Waals surface area contributed by atoms with Crippen LogP contribution in [-0.2, 0) is 9.47 Å². The van der Waals surface area contributed by atoms with Crippen molar-refractivity contribution in [3.05, 3.63) is 0 Å². The minimum atomic E-state index is 0.470. The molecule has 2 fully saturated rings. The van der Waals surface area contributed by atoms with Gasteiger partial charge >= 0.3 is 0 Å². The minimum Gasteiger partial charge on any atom is -0.372 e. The summed E-state index contributed by atoms with van der Waals surface area (Å²) >= 11 is 0. The van der Waals surface area contributed by atoms with Gasteiger partial charge in [-0.3, -0.25) is 0 Å². The molecule has 2 heterocycles. The fourth-order valence-electron chi connectivity index (χ4n) is 1.22. The SMILES string of the molecule is CN(CC1CO1)N(C)CC1CO1. The third kappa shape index (κ3) is 2.42. The molecule has 2 aliphatic heterocycles. The molecule has 0 spiro atoms. The van der Waals surface area contributed by atoms with Gasteiger partial charge in [0.1, 0.15) is 0 Å². The van der Waals surface area contributed by atoms with Crippen LogP contribution in [0.1, 0.15) is 0 Å². The first-order valence-electron chi connectivity index (χ1n) is 4.41. The second-order valence-electron chi connectivity index (χ2n) is 3.59. The maximum atomic E-state index is 5.15. The van der Waals surface area contributed by atoms with Gasteiger partial charge in [0, 0.05) is 27.2 Å². The van der Waals surface area contributed by atoms with E-state index >= 15 is 0 Å². The molecule has 0 aliphatic carbocycles. The van der Waals surface area contributed by atoms with Gasteiger partial charge in [-0.15, -0.1) is 0 Å². The van der Waals surface area contributed by atoms with Gasteiger partial charge < -0.3 is 9.47 Å². The maximum Gasteiger partial charge on any atom is 0.0950 e. The fraction of sp³-hybridized carbons (Fsp3) is 1.00. The highest BCUT2D eigenvalue weighted by Crippen LogP contribution is 2.13. The van der Waals surface area contributed by atoms with Crippen molar-refractivity contribution in [2.45, 2.75) is 12.2 Å². The monoisotopic (exact) mass is 172 g/mol. The van der Waals surface area contributed by atoms with Gasteiger partial charge in [-0.1, -0.05) is 0 Å². The maximum absolute atomic E-state index is 5.15. The van der Waals surface area contributed by atoms with Crippen molar-refractivity contribution in [2.75, 3.05) is 40.4 Å². The van der Waals surface area contributed by atoms with Gasteiger partial charge in [-0.2, -0.15) is 0 Å². The Bertz CT molecular complexity index is 139. The summed E-state index contributed by atoms with van der Waals surface area (Å²) in [6.45, 7) is 3.86. The molecule has 70 valence electrons. The Hall–Kier alpha value is -0.160. The molecule has 0 aromatic carbocycles. The Morgan fingerprint density at radius 3 is 1.58 bits per heavy atom. The van der Waals surface area contributed by atoms with E-state index < -0.39 is 0 Å². The van der Waals surface area contributed by atoms with Crippen LogP contribution >= 0.6 is 0 Å². The number of likely N-dealkylation sites (N-methyl/N-ethyl adjacent to an activating group) is 2. The summed E-state index contributed by atoms with van der Waals surface area (Å²) in [6, 6.07) is 0. The summed E-state index contributed by atoms with van der Waals surface area (Å²) in [5, 5.41) is 4.39. The van der Waals surface area contributed by atoms with E-state index in [9.17, 15) is 0 Å². The highest BCUT2D eigenvalue weighted by molar-refractivity contribution is 4.75. The number of epoxide rings is 2. The average Bonchev–Trinajstić information content (AvgIpc) is 2.79. The number of ether oxygens (including phenoxy) is 2. The van der Waals surface area contributed by atoms with Gasteiger partial charge in [0.05, 0.1) is 25.4 Å². The van der Waals surface area contributed by atoms with Gasteiger partial charge in [0.2, 0.25) is 0 Å². The van der Waals surface area contributed by atoms with Crippen LogP contribution in [0.2, 0.25) is 0 Å². The molecular weight excluding hydrogens is 156 g/mol. The van der Waals surface area contributed by atoms with Crippen molar-refractivity contribution in [1.29, 1.82) is 0 Å². The first-order chi connectivity index (χ1) is 5.75. The van der Waals surface area contributed by atoms with Crippen LogP contribution in [0.25, 0.3) is 0 Å². The second kappa shape index (κ2) is 3.30. The molecule has 2 saturated heterocycles. The van der Waals surface area contributed by atoms with Crippen molar-refractivity contribution in [1.82, 2.24) is 10.0 Å². The minimum absolute atomic E-state index is 0.470. The number of nitrogens with zero attached hydrogens (tertiary/aromatic N) is 2. The molecule has 0 radical (unpaired) electrons. The van der Waals surface area contributed by atoms with Crippen molar-refractivity contribution >= 4 is 0 Å². The zero-order valence-electron chi connectivity index (χ0n) is 7.69. The summed E-state index contributed by atoms with van der Waals surface area (Å²) in [7, 11) is 4.17. The van der Waals surface area contributed by atoms with E-state index in [4.69, 9.17) is 9.47 Å². The normalized spacial score (nSPS) is 33.0. The molecule has 2 unspecified atom stereocenters. The predicted octanol–water partition coefficient (Wildman–Crippen LogP) is -0.437. The van der Waals surface area contributed by atoms with Crippen molar-refractivity contribution < 1.29 is 9.47 Å². The summed E-state index contributed by atoms with van der Waals surface area (Å²) < 4.78 is 10.3. The van der Waals surface area contributed by atoms with Crippen molar-refractivity contribution in [3.8, 4) is 0 Å². The molecule has 0 amide bonds. The molecule has 0 aromatic heterocycles. The number of hydrazine groups is 1. The molecule has 2 atom stereocenters. The van der Waals surface area contributed by atoms with Gasteiger partial charge in [0.15, 0.2) is 0 Å². The van der Waals surface area contributed by atoms with E-state index in [0.717, 1.165) is 26.3 Å². The van der Waals surface area contributed by atoms with E-state index in [1.165, 1.54) is 0 Å². The lowest BCUT2D eigenvalue weighted by atomic mass is 10.4. The summed E-state index contributed by atoms with van der Waals surface area (Å²) in [5.41, 5.74) is 0. The van der Waals surface area contributed by atoms with E-state index in [1.807, 2.05) is 0 Å². The molecule has 4 heteroatoms. The second-order valence-corrected chi connectivity index (χ2v) is 3.59. The van der Waals surface area contributed by atoms with Crippen molar-refractivity contribution in [3.63, 3.8) is 0 Å². The molecule has 0 bridgehead atoms. The third-order valence-electron chi connectivity index (χ3n) is 2.32. The number of hydrogen-bond donors (Lipinski definition) is 0. The zero-order valence-corrected chi connectivity index (χ0v) is 7.69. The average molecular weight is 172 g/mol. The van der Waals surface area contributed by atoms with Crippen LogP contribution in [0.4, 0.5) is 0 Å². The van der Waals surface area contributed by atoms with E-state index in [-0.39, 0.29) is 0 Å². The first-order valence-corrected chi connectivity index (χ1v) is 4.41. The van der Waals surface area contributed by atoms with Crippen molar-refractivity contribution in [2.24, 2.45) is 0 Å². The van der Waals surface area contributed by atoms with Crippen LogP contribution in [0.5, 0.6) is 0 Å². The molecule has 12 heavy (non-hydrogen) atoms. The van der Waals surface area contributed by atoms with Crippen LogP contribution < -0.4 is 0 Å². The Balaban J connectivity index is 1.65. The van der Waals surface area contributed by atoms with Crippen LogP contribution in [0, 0.1) is 0 Å². The van der Waals surface area contributed by atoms with Crippen LogP contribution in [0.15, 0.2) is 0 Å². The largest absolute Gasteiger partial charge is 0.372 e. The van der Waals surface area contributed by atoms with Gasteiger partial charge in [-0.05, 0) is 0 Å². The van der Waals surface area contributed by atoms with Gasteiger partial charge in [0.25, 0.3) is 0 Å². The van der Waals surface area contributed by atoms with E-state index in [2.05, 4.69) is 24.1 Å². The highest BCUT2D eigenvalue weighted by Gasteiger charge is 2.28. The quantitative estimate of drug-likeness (QED) is 0.416. The smallest absolute Gasteiger partial charge is 0.0950 e. The summed E-state index contributed by atoms with van der Waals surface area (Å²) in [4.78, 5) is 0. The van der Waals surface area contributed by atoms with Crippen LogP contribution in [-0.4, -0.2) is 62.6 Å². The van der Waals surface area contributed by atoms with E-state index in [0.29, 0.717) is 12.2 Å². The molecular formula is C8H16N2O2. The molecule has 0 N–H and O–H groups in total. The Morgan fingerprint density at radius 2 is 1.33 bits per heavy atom. The molecule has 0 aromatic rings. The number of rotatable bonds is 5. The van der Waals surface area contributed by atoms with Crippen LogP contribution in [0.3, 0.4) is 0 Å². The first kappa shape index (κ1) is 8.44. The Morgan fingerprint density at radius 1 is 1.00 bits per heavy atom. The fourth-order valence-corrected chi connectivity index (χ4v) is 1.22. The lowest BCUT2D eigenvalue weighted by Crippen LogP contribution is -2.41. The standard InChI is InChI=1S/C8H16N2O2/c1-9(3-7-5-11-7)10(2)4-8-6-12-8/h7-8H,3-6H2,1-2H3. The van der Waals surface area contributed by atoms with Gasteiger partial charge in [-0.25, -0.2) is 10.0 Å². The molecule has 2 rings (SSSR count). The Kier molecular flexibility index (Phi) is 2.32. The van der Waals surface area contributed by atoms with E-state index in [1.54, 1.807) is 0 Å².